The third kappa shape index (κ3) is 1.16. The molecular formula is C12H8BF2O-. The molecule has 0 saturated carbocycles. The summed E-state index contributed by atoms with van der Waals surface area (Å²) in [6.45, 7) is -3.69. The zero-order chi connectivity index (χ0) is 11.2. The zero-order valence-corrected chi connectivity index (χ0v) is 8.36. The summed E-state index contributed by atoms with van der Waals surface area (Å²) < 4.78 is 33.8. The molecule has 2 aromatic rings. The summed E-state index contributed by atoms with van der Waals surface area (Å²) >= 11 is 0. The fourth-order valence-electron chi connectivity index (χ4n) is 2.03. The minimum atomic E-state index is -3.69. The van der Waals surface area contributed by atoms with Gasteiger partial charge in [-0.3, -0.25) is 0 Å². The highest BCUT2D eigenvalue weighted by molar-refractivity contribution is 6.93. The first kappa shape index (κ1) is 9.40. The van der Waals surface area contributed by atoms with Crippen LogP contribution < -0.4 is 15.7 Å². The van der Waals surface area contributed by atoms with Gasteiger partial charge in [-0.2, -0.15) is 0 Å². The van der Waals surface area contributed by atoms with Gasteiger partial charge in [0.15, 0.2) is 0 Å². The van der Waals surface area contributed by atoms with Gasteiger partial charge in [0, 0.05) is 0 Å². The third-order valence-electron chi connectivity index (χ3n) is 2.84. The second kappa shape index (κ2) is 3.08. The van der Waals surface area contributed by atoms with E-state index in [9.17, 15) is 8.63 Å². The van der Waals surface area contributed by atoms with E-state index in [-0.39, 0.29) is 22.4 Å². The largest absolute Gasteiger partial charge is 0.469 e. The molecule has 0 N–H and O–H groups in total. The van der Waals surface area contributed by atoms with Gasteiger partial charge in [-0.05, 0) is 12.1 Å². The molecule has 1 nitrogen and oxygen atoms in total. The van der Waals surface area contributed by atoms with E-state index in [1.165, 1.54) is 12.1 Å². The summed E-state index contributed by atoms with van der Waals surface area (Å²) in [5, 5.41) is 0. The molecule has 0 fully saturated rings. The molecule has 0 atom stereocenters. The summed E-state index contributed by atoms with van der Waals surface area (Å²) in [6.07, 6.45) is 0. The molecule has 0 aliphatic carbocycles. The minimum absolute atomic E-state index is 0.0128. The Morgan fingerprint density at radius 2 is 1.19 bits per heavy atom. The maximum absolute atomic E-state index is 14.2. The van der Waals surface area contributed by atoms with Crippen LogP contribution in [0.15, 0.2) is 48.5 Å². The van der Waals surface area contributed by atoms with Gasteiger partial charge in [0.05, 0.1) is 11.5 Å². The summed E-state index contributed by atoms with van der Waals surface area (Å²) in [7, 11) is 0. The molecule has 16 heavy (non-hydrogen) atoms. The van der Waals surface area contributed by atoms with E-state index < -0.39 is 6.70 Å². The van der Waals surface area contributed by atoms with Crippen molar-refractivity contribution in [3.05, 3.63) is 48.5 Å². The second-order valence-electron chi connectivity index (χ2n) is 3.84. The zero-order valence-electron chi connectivity index (χ0n) is 8.36. The van der Waals surface area contributed by atoms with Gasteiger partial charge in [-0.25, -0.2) is 0 Å². The van der Waals surface area contributed by atoms with Crippen LogP contribution in [0.4, 0.5) is 8.63 Å². The lowest BCUT2D eigenvalue weighted by Gasteiger charge is -2.34. The van der Waals surface area contributed by atoms with E-state index in [4.69, 9.17) is 4.74 Å². The Morgan fingerprint density at radius 1 is 0.750 bits per heavy atom. The molecule has 4 heteroatoms. The number of benzene rings is 2. The van der Waals surface area contributed by atoms with Crippen molar-refractivity contribution < 1.29 is 13.4 Å². The monoisotopic (exact) mass is 217 g/mol. The van der Waals surface area contributed by atoms with Gasteiger partial charge in [-0.1, -0.05) is 47.3 Å². The van der Waals surface area contributed by atoms with Crippen molar-refractivity contribution in [3.8, 4) is 11.5 Å². The molecule has 80 valence electrons. The molecule has 1 heterocycles. The Morgan fingerprint density at radius 3 is 1.69 bits per heavy atom. The van der Waals surface area contributed by atoms with Gasteiger partial charge in [0.2, 0.25) is 0 Å². The third-order valence-corrected chi connectivity index (χ3v) is 2.84. The van der Waals surface area contributed by atoms with Crippen LogP contribution >= 0.6 is 0 Å². The lowest BCUT2D eigenvalue weighted by Crippen LogP contribution is -2.54. The molecule has 0 amide bonds. The topological polar surface area (TPSA) is 9.23 Å². The molecule has 2 aromatic carbocycles. The van der Waals surface area contributed by atoms with Crippen LogP contribution in [0.1, 0.15) is 0 Å². The quantitative estimate of drug-likeness (QED) is 0.615. The number of ether oxygens (including phenoxy) is 1. The van der Waals surface area contributed by atoms with Crippen LogP contribution in [0.25, 0.3) is 0 Å². The van der Waals surface area contributed by atoms with Crippen LogP contribution in [-0.4, -0.2) is 6.70 Å². The lowest BCUT2D eigenvalue weighted by atomic mass is 9.51. The highest BCUT2D eigenvalue weighted by Gasteiger charge is 2.36. The van der Waals surface area contributed by atoms with Gasteiger partial charge < -0.3 is 13.4 Å². The average molecular weight is 217 g/mol. The van der Waals surface area contributed by atoms with Gasteiger partial charge >= 0.3 is 6.70 Å². The van der Waals surface area contributed by atoms with Crippen LogP contribution in [0.3, 0.4) is 0 Å². The molecular weight excluding hydrogens is 209 g/mol. The first-order valence-corrected chi connectivity index (χ1v) is 5.08. The van der Waals surface area contributed by atoms with Gasteiger partial charge in [0.1, 0.15) is 0 Å². The summed E-state index contributed by atoms with van der Waals surface area (Å²) in [4.78, 5) is 0. The Labute approximate surface area is 91.7 Å². The van der Waals surface area contributed by atoms with Crippen LogP contribution in [0.2, 0.25) is 0 Å². The van der Waals surface area contributed by atoms with Crippen LogP contribution in [0, 0.1) is 0 Å². The lowest BCUT2D eigenvalue weighted by molar-refractivity contribution is 0.477. The van der Waals surface area contributed by atoms with Crippen molar-refractivity contribution in [3.63, 3.8) is 0 Å². The van der Waals surface area contributed by atoms with E-state index in [0.717, 1.165) is 0 Å². The fraction of sp³-hybridized carbons (Fsp3) is 0. The molecule has 0 saturated heterocycles. The van der Waals surface area contributed by atoms with Gasteiger partial charge in [0.25, 0.3) is 0 Å². The summed E-state index contributed by atoms with van der Waals surface area (Å²) in [5.41, 5.74) is -0.0256. The number of hydrogen-bond donors (Lipinski definition) is 0. The predicted octanol–water partition coefficient (Wildman–Crippen LogP) is 2.29. The highest BCUT2D eigenvalue weighted by Crippen LogP contribution is 2.29. The van der Waals surface area contributed by atoms with Crippen molar-refractivity contribution in [1.29, 1.82) is 0 Å². The summed E-state index contributed by atoms with van der Waals surface area (Å²) in [6, 6.07) is 12.6. The summed E-state index contributed by atoms with van der Waals surface area (Å²) in [5.74, 6) is 0.511. The van der Waals surface area contributed by atoms with E-state index in [1.54, 1.807) is 36.4 Å². The van der Waals surface area contributed by atoms with Crippen LogP contribution in [0.5, 0.6) is 11.5 Å². The number of halogens is 2. The molecule has 1 aliphatic rings. The van der Waals surface area contributed by atoms with E-state index >= 15 is 0 Å². The van der Waals surface area contributed by atoms with E-state index in [1.807, 2.05) is 0 Å². The number of fused-ring (bicyclic) bond motifs is 2. The Hall–Kier alpha value is -1.84. The highest BCUT2D eigenvalue weighted by atomic mass is 19.2. The van der Waals surface area contributed by atoms with Crippen molar-refractivity contribution in [2.75, 3.05) is 0 Å². The maximum atomic E-state index is 14.2. The van der Waals surface area contributed by atoms with Crippen molar-refractivity contribution in [1.82, 2.24) is 0 Å². The second-order valence-corrected chi connectivity index (χ2v) is 3.84. The first-order valence-electron chi connectivity index (χ1n) is 5.08. The number of rotatable bonds is 0. The molecule has 0 aromatic heterocycles. The van der Waals surface area contributed by atoms with E-state index in [0.29, 0.717) is 0 Å². The Bertz CT molecular complexity index is 507. The van der Waals surface area contributed by atoms with Crippen molar-refractivity contribution in [2.24, 2.45) is 0 Å². The van der Waals surface area contributed by atoms with Crippen molar-refractivity contribution >= 4 is 17.6 Å². The van der Waals surface area contributed by atoms with E-state index in [2.05, 4.69) is 0 Å². The smallest absolute Gasteiger partial charge is 0.368 e. The first-order chi connectivity index (χ1) is 7.69. The fourth-order valence-corrected chi connectivity index (χ4v) is 2.03. The molecule has 0 radical (unpaired) electrons. The standard InChI is InChI=1S/C12H8BF2O/c14-13(15)9-5-1-3-7-11(9)16-12-8-4-2-6-10(12)13/h1-8H/q-1. The Balaban J connectivity index is 2.28. The molecule has 0 spiro atoms. The molecule has 0 unspecified atom stereocenters. The average Bonchev–Trinajstić information content (AvgIpc) is 2.29. The Kier molecular flexibility index (Phi) is 1.81. The normalized spacial score (nSPS) is 15.9. The van der Waals surface area contributed by atoms with Crippen molar-refractivity contribution in [2.45, 2.75) is 0 Å². The predicted molar refractivity (Wildman–Crippen MR) is 60.2 cm³/mol. The molecule has 3 rings (SSSR count). The molecule has 0 bridgehead atoms. The van der Waals surface area contributed by atoms with Gasteiger partial charge in [-0.15, -0.1) is 0 Å². The molecule has 1 aliphatic heterocycles. The SMILES string of the molecule is F[B-]1(F)c2ccccc2Oc2ccccc21. The maximum Gasteiger partial charge on any atom is 0.368 e. The number of hydrogen-bond acceptors (Lipinski definition) is 1. The number of para-hydroxylation sites is 2. The van der Waals surface area contributed by atoms with Crippen LogP contribution in [-0.2, 0) is 0 Å². The minimum Gasteiger partial charge on any atom is -0.469 e.